The van der Waals surface area contributed by atoms with E-state index in [1.165, 1.54) is 0 Å². The quantitative estimate of drug-likeness (QED) is 0.729. The number of fused-ring (bicyclic) bond motifs is 1. The molecule has 0 saturated carbocycles. The number of halogens is 1. The molecule has 2 rings (SSSR count). The van der Waals surface area contributed by atoms with Gasteiger partial charge in [-0.3, -0.25) is 0 Å². The molecule has 1 aromatic carbocycles. The number of hydrogen-bond donors (Lipinski definition) is 1. The van der Waals surface area contributed by atoms with Crippen molar-refractivity contribution < 1.29 is 4.74 Å². The lowest BCUT2D eigenvalue weighted by molar-refractivity contribution is 0.207. The number of rotatable bonds is 0. The maximum absolute atomic E-state index is 6.04. The van der Waals surface area contributed by atoms with Gasteiger partial charge in [-0.25, -0.2) is 0 Å². The van der Waals surface area contributed by atoms with E-state index < -0.39 is 0 Å². The standard InChI is InChI=1S/C12H16ClNO/c1-12(2,3)10-7-15-11-8(13)5-4-6-9(11)14-10/h4-6,10,14H,7H2,1-3H3. The molecule has 0 fully saturated rings. The highest BCUT2D eigenvalue weighted by Crippen LogP contribution is 2.38. The van der Waals surface area contributed by atoms with E-state index in [0.717, 1.165) is 11.4 Å². The van der Waals surface area contributed by atoms with Crippen molar-refractivity contribution in [2.75, 3.05) is 11.9 Å². The topological polar surface area (TPSA) is 21.3 Å². The number of para-hydroxylation sites is 1. The Balaban J connectivity index is 2.28. The van der Waals surface area contributed by atoms with Crippen molar-refractivity contribution in [3.05, 3.63) is 23.2 Å². The van der Waals surface area contributed by atoms with Gasteiger partial charge in [0, 0.05) is 0 Å². The highest BCUT2D eigenvalue weighted by Gasteiger charge is 2.29. The highest BCUT2D eigenvalue weighted by molar-refractivity contribution is 6.32. The third-order valence-electron chi connectivity index (χ3n) is 2.74. The third kappa shape index (κ3) is 2.05. The Kier molecular flexibility index (Phi) is 2.55. The van der Waals surface area contributed by atoms with Gasteiger partial charge in [0.15, 0.2) is 5.75 Å². The van der Waals surface area contributed by atoms with Gasteiger partial charge >= 0.3 is 0 Å². The molecule has 0 bridgehead atoms. The molecule has 0 saturated heterocycles. The average molecular weight is 226 g/mol. The minimum absolute atomic E-state index is 0.181. The number of benzene rings is 1. The second-order valence-corrected chi connectivity index (χ2v) is 5.40. The first kappa shape index (κ1) is 10.6. The average Bonchev–Trinajstić information content (AvgIpc) is 2.16. The summed E-state index contributed by atoms with van der Waals surface area (Å²) in [5, 5.41) is 4.14. The summed E-state index contributed by atoms with van der Waals surface area (Å²) < 4.78 is 5.70. The van der Waals surface area contributed by atoms with Gasteiger partial charge < -0.3 is 10.1 Å². The maximum atomic E-state index is 6.04. The number of hydrogen-bond acceptors (Lipinski definition) is 2. The molecule has 2 nitrogen and oxygen atoms in total. The summed E-state index contributed by atoms with van der Waals surface area (Å²) in [6.45, 7) is 7.26. The van der Waals surface area contributed by atoms with Crippen molar-refractivity contribution in [1.29, 1.82) is 0 Å². The Morgan fingerprint density at radius 2 is 2.13 bits per heavy atom. The fourth-order valence-corrected chi connectivity index (χ4v) is 1.86. The fraction of sp³-hybridized carbons (Fsp3) is 0.500. The van der Waals surface area contributed by atoms with Crippen LogP contribution in [0.15, 0.2) is 18.2 Å². The zero-order valence-corrected chi connectivity index (χ0v) is 10.1. The SMILES string of the molecule is CC(C)(C)C1COc2c(Cl)cccc2N1. The molecule has 0 aromatic heterocycles. The predicted molar refractivity (Wildman–Crippen MR) is 63.8 cm³/mol. The molecule has 0 amide bonds. The summed E-state index contributed by atoms with van der Waals surface area (Å²) in [5.74, 6) is 0.777. The lowest BCUT2D eigenvalue weighted by Gasteiger charge is -2.36. The molecule has 1 N–H and O–H groups in total. The molecule has 0 aliphatic carbocycles. The van der Waals surface area contributed by atoms with Crippen molar-refractivity contribution in [2.24, 2.45) is 5.41 Å². The van der Waals surface area contributed by atoms with E-state index in [1.54, 1.807) is 0 Å². The van der Waals surface area contributed by atoms with Crippen LogP contribution in [0, 0.1) is 5.41 Å². The van der Waals surface area contributed by atoms with Crippen LogP contribution in [0.4, 0.5) is 5.69 Å². The van der Waals surface area contributed by atoms with Crippen molar-refractivity contribution in [3.63, 3.8) is 0 Å². The molecule has 1 atom stereocenters. The molecule has 1 aromatic rings. The first-order chi connectivity index (χ1) is 6.98. The van der Waals surface area contributed by atoms with Crippen LogP contribution in [-0.2, 0) is 0 Å². The van der Waals surface area contributed by atoms with Gasteiger partial charge in [-0.15, -0.1) is 0 Å². The Morgan fingerprint density at radius 1 is 1.40 bits per heavy atom. The second kappa shape index (κ2) is 3.60. The van der Waals surface area contributed by atoms with Crippen LogP contribution in [0.1, 0.15) is 20.8 Å². The third-order valence-corrected chi connectivity index (χ3v) is 3.03. The molecule has 1 heterocycles. The van der Waals surface area contributed by atoms with Crippen molar-refractivity contribution in [2.45, 2.75) is 26.8 Å². The Hall–Kier alpha value is -0.890. The molecule has 1 aliphatic heterocycles. The summed E-state index contributed by atoms with van der Waals surface area (Å²) in [7, 11) is 0. The van der Waals surface area contributed by atoms with Gasteiger partial charge in [-0.1, -0.05) is 38.4 Å². The maximum Gasteiger partial charge on any atom is 0.161 e. The van der Waals surface area contributed by atoms with E-state index in [-0.39, 0.29) is 5.41 Å². The monoisotopic (exact) mass is 225 g/mol. The predicted octanol–water partition coefficient (Wildman–Crippen LogP) is 3.56. The molecule has 1 aliphatic rings. The van der Waals surface area contributed by atoms with E-state index in [9.17, 15) is 0 Å². The highest BCUT2D eigenvalue weighted by atomic mass is 35.5. The Morgan fingerprint density at radius 3 is 2.80 bits per heavy atom. The lowest BCUT2D eigenvalue weighted by Crippen LogP contribution is -2.41. The van der Waals surface area contributed by atoms with Crippen LogP contribution in [0.3, 0.4) is 0 Å². The Bertz CT molecular complexity index is 370. The second-order valence-electron chi connectivity index (χ2n) is 4.99. The minimum atomic E-state index is 0.181. The van der Waals surface area contributed by atoms with Crippen LogP contribution >= 0.6 is 11.6 Å². The van der Waals surface area contributed by atoms with Gasteiger partial charge in [0.25, 0.3) is 0 Å². The molecule has 3 heteroatoms. The van der Waals surface area contributed by atoms with Crippen LogP contribution in [0.25, 0.3) is 0 Å². The molecule has 0 radical (unpaired) electrons. The normalized spacial score (nSPS) is 20.1. The van der Waals surface area contributed by atoms with Crippen LogP contribution in [-0.4, -0.2) is 12.6 Å². The van der Waals surface area contributed by atoms with E-state index in [2.05, 4.69) is 26.1 Å². The molecular weight excluding hydrogens is 210 g/mol. The lowest BCUT2D eigenvalue weighted by atomic mass is 9.86. The molecule has 0 spiro atoms. The van der Waals surface area contributed by atoms with Crippen LogP contribution < -0.4 is 10.1 Å². The first-order valence-electron chi connectivity index (χ1n) is 5.16. The van der Waals surface area contributed by atoms with Gasteiger partial charge in [0.05, 0.1) is 16.8 Å². The van der Waals surface area contributed by atoms with Crippen LogP contribution in [0.2, 0.25) is 5.02 Å². The number of anilines is 1. The summed E-state index contributed by atoms with van der Waals surface area (Å²) in [5.41, 5.74) is 1.17. The zero-order chi connectivity index (χ0) is 11.1. The Labute approximate surface area is 95.6 Å². The molecule has 82 valence electrons. The zero-order valence-electron chi connectivity index (χ0n) is 9.30. The molecule has 1 unspecified atom stereocenters. The van der Waals surface area contributed by atoms with E-state index in [4.69, 9.17) is 16.3 Å². The molecule has 15 heavy (non-hydrogen) atoms. The molecular formula is C12H16ClNO. The summed E-state index contributed by atoms with van der Waals surface area (Å²) in [6, 6.07) is 6.10. The largest absolute Gasteiger partial charge is 0.488 e. The summed E-state index contributed by atoms with van der Waals surface area (Å²) in [4.78, 5) is 0. The van der Waals surface area contributed by atoms with Gasteiger partial charge in [-0.2, -0.15) is 0 Å². The summed E-state index contributed by atoms with van der Waals surface area (Å²) >= 11 is 6.04. The number of ether oxygens (including phenoxy) is 1. The van der Waals surface area contributed by atoms with E-state index in [0.29, 0.717) is 17.7 Å². The van der Waals surface area contributed by atoms with E-state index >= 15 is 0 Å². The van der Waals surface area contributed by atoms with Crippen LogP contribution in [0.5, 0.6) is 5.75 Å². The number of nitrogens with one attached hydrogen (secondary N) is 1. The minimum Gasteiger partial charge on any atom is -0.488 e. The van der Waals surface area contributed by atoms with Crippen molar-refractivity contribution >= 4 is 17.3 Å². The fourth-order valence-electron chi connectivity index (χ4n) is 1.63. The van der Waals surface area contributed by atoms with Crippen molar-refractivity contribution in [3.8, 4) is 5.75 Å². The smallest absolute Gasteiger partial charge is 0.161 e. The van der Waals surface area contributed by atoms with Crippen molar-refractivity contribution in [1.82, 2.24) is 0 Å². The van der Waals surface area contributed by atoms with Gasteiger partial charge in [0.2, 0.25) is 0 Å². The van der Waals surface area contributed by atoms with Gasteiger partial charge in [0.1, 0.15) is 6.61 Å². The first-order valence-corrected chi connectivity index (χ1v) is 5.54. The van der Waals surface area contributed by atoms with Gasteiger partial charge in [-0.05, 0) is 17.5 Å². The van der Waals surface area contributed by atoms with E-state index in [1.807, 2.05) is 18.2 Å². The summed E-state index contributed by atoms with van der Waals surface area (Å²) in [6.07, 6.45) is 0.